The van der Waals surface area contributed by atoms with Gasteiger partial charge in [-0.25, -0.2) is 0 Å². The molecule has 2 amide bonds. The lowest BCUT2D eigenvalue weighted by molar-refractivity contribution is -0.118. The zero-order valence-electron chi connectivity index (χ0n) is 20.8. The van der Waals surface area contributed by atoms with E-state index < -0.39 is 0 Å². The van der Waals surface area contributed by atoms with E-state index in [-0.39, 0.29) is 18.4 Å². The van der Waals surface area contributed by atoms with Gasteiger partial charge in [-0.2, -0.15) is 0 Å². The molecule has 3 aromatic carbocycles. The summed E-state index contributed by atoms with van der Waals surface area (Å²) in [4.78, 5) is 25.5. The molecule has 0 unspecified atom stereocenters. The minimum absolute atomic E-state index is 0.119. The molecular formula is C29H32N2O5. The minimum atomic E-state index is -0.311. The molecule has 2 N–H and O–H groups in total. The molecule has 7 nitrogen and oxygen atoms in total. The van der Waals surface area contributed by atoms with E-state index in [0.717, 1.165) is 30.6 Å². The minimum Gasteiger partial charge on any atom is -0.493 e. The van der Waals surface area contributed by atoms with E-state index in [9.17, 15) is 9.59 Å². The second-order valence-electron chi connectivity index (χ2n) is 8.68. The number of fused-ring (bicyclic) bond motifs is 1. The quantitative estimate of drug-likeness (QED) is 0.437. The summed E-state index contributed by atoms with van der Waals surface area (Å²) in [6, 6.07) is 18.6. The summed E-state index contributed by atoms with van der Waals surface area (Å²) in [5, 5.41) is 5.75. The van der Waals surface area contributed by atoms with Gasteiger partial charge in [0.15, 0.2) is 18.1 Å². The number of carbonyl (C=O) groups excluding carboxylic acids is 2. The zero-order valence-corrected chi connectivity index (χ0v) is 20.8. The predicted molar refractivity (Wildman–Crippen MR) is 139 cm³/mol. The van der Waals surface area contributed by atoms with Crippen molar-refractivity contribution in [3.63, 3.8) is 0 Å². The molecule has 188 valence electrons. The van der Waals surface area contributed by atoms with Crippen LogP contribution in [0.5, 0.6) is 17.2 Å². The van der Waals surface area contributed by atoms with Crippen LogP contribution in [0.4, 0.5) is 5.69 Å². The fraction of sp³-hybridized carbons (Fsp3) is 0.310. The lowest BCUT2D eigenvalue weighted by atomic mass is 9.91. The Morgan fingerprint density at radius 1 is 0.861 bits per heavy atom. The first-order valence-corrected chi connectivity index (χ1v) is 12.2. The van der Waals surface area contributed by atoms with E-state index in [1.807, 2.05) is 30.3 Å². The van der Waals surface area contributed by atoms with Gasteiger partial charge in [-0.1, -0.05) is 30.3 Å². The van der Waals surface area contributed by atoms with E-state index in [1.54, 1.807) is 38.5 Å². The van der Waals surface area contributed by atoms with Gasteiger partial charge in [-0.05, 0) is 79.1 Å². The standard InChI is InChI=1S/C29H32N2O5/c1-34-26-15-14-20(18-27(26)35-2)16-17-30-29(33)23-11-5-6-12-24(23)31-28(32)19-36-25-13-7-9-21-8-3-4-10-22(21)25/h5-7,9,11-15,18H,3-4,8,10,16-17,19H2,1-2H3,(H,30,33)(H,31,32). The van der Waals surface area contributed by atoms with Crippen molar-refractivity contribution in [2.24, 2.45) is 0 Å². The van der Waals surface area contributed by atoms with Gasteiger partial charge < -0.3 is 24.8 Å². The van der Waals surface area contributed by atoms with Gasteiger partial charge in [-0.15, -0.1) is 0 Å². The van der Waals surface area contributed by atoms with Crippen LogP contribution in [0.3, 0.4) is 0 Å². The Morgan fingerprint density at radius 3 is 2.50 bits per heavy atom. The summed E-state index contributed by atoms with van der Waals surface area (Å²) < 4.78 is 16.5. The molecular weight excluding hydrogens is 456 g/mol. The van der Waals surface area contributed by atoms with Crippen molar-refractivity contribution in [1.29, 1.82) is 0 Å². The van der Waals surface area contributed by atoms with Gasteiger partial charge in [-0.3, -0.25) is 9.59 Å². The predicted octanol–water partition coefficient (Wildman–Crippen LogP) is 4.57. The molecule has 0 saturated carbocycles. The number of methoxy groups -OCH3 is 2. The largest absolute Gasteiger partial charge is 0.493 e. The van der Waals surface area contributed by atoms with Gasteiger partial charge in [0.05, 0.1) is 25.5 Å². The molecule has 1 aliphatic rings. The average molecular weight is 489 g/mol. The SMILES string of the molecule is COc1ccc(CCNC(=O)c2ccccc2NC(=O)COc2cccc3c2CCCC3)cc1OC. The number of benzene rings is 3. The fourth-order valence-corrected chi connectivity index (χ4v) is 4.45. The maximum atomic E-state index is 12.9. The summed E-state index contributed by atoms with van der Waals surface area (Å²) in [5.41, 5.74) is 4.36. The normalized spacial score (nSPS) is 12.3. The highest BCUT2D eigenvalue weighted by Gasteiger charge is 2.16. The van der Waals surface area contributed by atoms with Gasteiger partial charge >= 0.3 is 0 Å². The molecule has 0 aromatic heterocycles. The van der Waals surface area contributed by atoms with Crippen molar-refractivity contribution < 1.29 is 23.8 Å². The highest BCUT2D eigenvalue weighted by atomic mass is 16.5. The molecule has 0 saturated heterocycles. The monoisotopic (exact) mass is 488 g/mol. The number of hydrogen-bond acceptors (Lipinski definition) is 5. The molecule has 0 heterocycles. The summed E-state index contributed by atoms with van der Waals surface area (Å²) in [6.45, 7) is 0.310. The summed E-state index contributed by atoms with van der Waals surface area (Å²) in [6.07, 6.45) is 4.96. The van der Waals surface area contributed by atoms with Crippen LogP contribution < -0.4 is 24.8 Å². The summed E-state index contributed by atoms with van der Waals surface area (Å²) in [7, 11) is 3.18. The number of carbonyl (C=O) groups is 2. The topological polar surface area (TPSA) is 85.9 Å². The lowest BCUT2D eigenvalue weighted by Crippen LogP contribution is -2.28. The fourth-order valence-electron chi connectivity index (χ4n) is 4.45. The van der Waals surface area contributed by atoms with Crippen LogP contribution in [-0.4, -0.2) is 39.2 Å². The number of hydrogen-bond donors (Lipinski definition) is 2. The Labute approximate surface area is 211 Å². The van der Waals surface area contributed by atoms with Crippen LogP contribution in [0.15, 0.2) is 60.7 Å². The molecule has 1 aliphatic carbocycles. The van der Waals surface area contributed by atoms with Crippen molar-refractivity contribution in [2.75, 3.05) is 32.7 Å². The van der Waals surface area contributed by atoms with Gasteiger partial charge in [0.1, 0.15) is 5.75 Å². The van der Waals surface area contributed by atoms with Gasteiger partial charge in [0, 0.05) is 6.54 Å². The number of anilines is 1. The zero-order chi connectivity index (χ0) is 25.3. The molecule has 0 aliphatic heterocycles. The first-order valence-electron chi connectivity index (χ1n) is 12.2. The number of ether oxygens (including phenoxy) is 3. The molecule has 4 rings (SSSR count). The smallest absolute Gasteiger partial charge is 0.262 e. The third kappa shape index (κ3) is 6.16. The van der Waals surface area contributed by atoms with Crippen LogP contribution in [-0.2, 0) is 24.1 Å². The third-order valence-corrected chi connectivity index (χ3v) is 6.30. The molecule has 0 bridgehead atoms. The van der Waals surface area contributed by atoms with Crippen molar-refractivity contribution in [3.05, 3.63) is 82.9 Å². The number of aryl methyl sites for hydroxylation is 1. The lowest BCUT2D eigenvalue weighted by Gasteiger charge is -2.19. The molecule has 7 heteroatoms. The number of rotatable bonds is 10. The van der Waals surface area contributed by atoms with Crippen LogP contribution >= 0.6 is 0 Å². The van der Waals surface area contributed by atoms with Crippen molar-refractivity contribution in [1.82, 2.24) is 5.32 Å². The Balaban J connectivity index is 1.32. The van der Waals surface area contributed by atoms with Crippen molar-refractivity contribution >= 4 is 17.5 Å². The highest BCUT2D eigenvalue weighted by Crippen LogP contribution is 2.30. The second kappa shape index (κ2) is 12.1. The first kappa shape index (κ1) is 25.1. The Kier molecular flexibility index (Phi) is 8.44. The molecule has 0 atom stereocenters. The van der Waals surface area contributed by atoms with E-state index in [1.165, 1.54) is 17.5 Å². The number of amides is 2. The van der Waals surface area contributed by atoms with Crippen molar-refractivity contribution in [3.8, 4) is 17.2 Å². The van der Waals surface area contributed by atoms with E-state index in [2.05, 4.69) is 16.7 Å². The molecule has 0 spiro atoms. The van der Waals surface area contributed by atoms with Crippen LogP contribution in [0.25, 0.3) is 0 Å². The summed E-state index contributed by atoms with van der Waals surface area (Å²) in [5.74, 6) is 1.50. The van der Waals surface area contributed by atoms with Crippen LogP contribution in [0.2, 0.25) is 0 Å². The van der Waals surface area contributed by atoms with Crippen LogP contribution in [0.1, 0.15) is 39.9 Å². The molecule has 3 aromatic rings. The van der Waals surface area contributed by atoms with Gasteiger partial charge in [0.2, 0.25) is 0 Å². The Morgan fingerprint density at radius 2 is 1.67 bits per heavy atom. The van der Waals surface area contributed by atoms with E-state index in [4.69, 9.17) is 14.2 Å². The Bertz CT molecular complexity index is 1220. The second-order valence-corrected chi connectivity index (χ2v) is 8.68. The molecule has 0 fully saturated rings. The maximum absolute atomic E-state index is 12.9. The molecule has 0 radical (unpaired) electrons. The summed E-state index contributed by atoms with van der Waals surface area (Å²) >= 11 is 0. The molecule has 36 heavy (non-hydrogen) atoms. The van der Waals surface area contributed by atoms with E-state index >= 15 is 0 Å². The average Bonchev–Trinajstić information content (AvgIpc) is 2.92. The number of nitrogens with one attached hydrogen (secondary N) is 2. The Hall–Kier alpha value is -4.00. The van der Waals surface area contributed by atoms with Crippen molar-refractivity contribution in [2.45, 2.75) is 32.1 Å². The van der Waals surface area contributed by atoms with E-state index in [0.29, 0.717) is 35.7 Å². The highest BCUT2D eigenvalue weighted by molar-refractivity contribution is 6.04. The third-order valence-electron chi connectivity index (χ3n) is 6.30. The number of para-hydroxylation sites is 1. The first-order chi connectivity index (χ1) is 17.6. The maximum Gasteiger partial charge on any atom is 0.262 e. The van der Waals surface area contributed by atoms with Gasteiger partial charge in [0.25, 0.3) is 11.8 Å². The van der Waals surface area contributed by atoms with Crippen LogP contribution in [0, 0.1) is 0 Å².